The van der Waals surface area contributed by atoms with E-state index in [0.717, 1.165) is 10.3 Å². The van der Waals surface area contributed by atoms with E-state index in [-0.39, 0.29) is 12.1 Å². The van der Waals surface area contributed by atoms with Gasteiger partial charge in [-0.3, -0.25) is 18.5 Å². The molecule has 8 nitrogen and oxygen atoms in total. The van der Waals surface area contributed by atoms with Gasteiger partial charge in [0.25, 0.3) is 5.56 Å². The van der Waals surface area contributed by atoms with Crippen molar-refractivity contribution in [1.29, 1.82) is 0 Å². The van der Waals surface area contributed by atoms with Gasteiger partial charge in [0.05, 0.1) is 18.8 Å². The lowest BCUT2D eigenvalue weighted by atomic mass is 10.3. The molecule has 120 valence electrons. The average Bonchev–Trinajstić information content (AvgIpc) is 2.89. The number of hydrogen-bond donors (Lipinski definition) is 0. The Morgan fingerprint density at radius 3 is 2.57 bits per heavy atom. The second-order valence-electron chi connectivity index (χ2n) is 5.42. The first-order valence-electron chi connectivity index (χ1n) is 7.23. The third-order valence-corrected chi connectivity index (χ3v) is 3.74. The summed E-state index contributed by atoms with van der Waals surface area (Å²) in [5.41, 5.74) is 0.824. The molecule has 2 aromatic rings. The Morgan fingerprint density at radius 1 is 1.22 bits per heavy atom. The molecule has 23 heavy (non-hydrogen) atoms. The van der Waals surface area contributed by atoms with Crippen LogP contribution in [0.15, 0.2) is 40.0 Å². The summed E-state index contributed by atoms with van der Waals surface area (Å²) in [5, 5.41) is 6.11. The van der Waals surface area contributed by atoms with Crippen LogP contribution in [0.5, 0.6) is 0 Å². The number of nitrogens with zero attached hydrogens (tertiary/aromatic N) is 6. The Morgan fingerprint density at radius 2 is 1.91 bits per heavy atom. The third kappa shape index (κ3) is 2.14. The molecule has 0 aliphatic carbocycles. The monoisotopic (exact) mass is 314 g/mol. The van der Waals surface area contributed by atoms with Gasteiger partial charge in [-0.15, -0.1) is 13.2 Å². The fourth-order valence-electron chi connectivity index (χ4n) is 2.75. The van der Waals surface area contributed by atoms with E-state index in [9.17, 15) is 9.59 Å². The molecular weight excluding hydrogens is 296 g/mol. The minimum atomic E-state index is -0.411. The lowest BCUT2D eigenvalue weighted by Gasteiger charge is -2.23. The Hall–Kier alpha value is -2.90. The highest BCUT2D eigenvalue weighted by molar-refractivity contribution is 5.87. The summed E-state index contributed by atoms with van der Waals surface area (Å²) >= 11 is 0. The molecule has 0 aromatic carbocycles. The first-order chi connectivity index (χ1) is 11.0. The summed E-state index contributed by atoms with van der Waals surface area (Å²) in [6.45, 7) is 10.3. The largest absolute Gasteiger partial charge is 0.332 e. The van der Waals surface area contributed by atoms with E-state index in [1.165, 1.54) is 10.6 Å². The first kappa shape index (κ1) is 15.0. The van der Waals surface area contributed by atoms with Crippen molar-refractivity contribution in [2.45, 2.75) is 20.0 Å². The summed E-state index contributed by atoms with van der Waals surface area (Å²) in [4.78, 5) is 29.6. The van der Waals surface area contributed by atoms with Crippen molar-refractivity contribution in [3.8, 4) is 0 Å². The normalized spacial score (nSPS) is 13.8. The van der Waals surface area contributed by atoms with Gasteiger partial charge >= 0.3 is 5.69 Å². The number of imidazole rings is 1. The predicted octanol–water partition coefficient (Wildman–Crippen LogP) is 0.465. The molecule has 0 atom stereocenters. The molecule has 0 saturated heterocycles. The van der Waals surface area contributed by atoms with E-state index in [1.807, 2.05) is 6.92 Å². The summed E-state index contributed by atoms with van der Waals surface area (Å²) in [7, 11) is 1.61. The first-order valence-corrected chi connectivity index (χ1v) is 7.23. The van der Waals surface area contributed by atoms with Crippen LogP contribution in [-0.4, -0.2) is 30.9 Å². The molecule has 3 rings (SSSR count). The molecule has 0 fully saturated rings. The number of hydrazone groups is 1. The van der Waals surface area contributed by atoms with Crippen LogP contribution in [0.25, 0.3) is 11.2 Å². The van der Waals surface area contributed by atoms with Gasteiger partial charge < -0.3 is 0 Å². The minimum absolute atomic E-state index is 0.158. The van der Waals surface area contributed by atoms with Crippen molar-refractivity contribution in [3.05, 3.63) is 46.1 Å². The quantitative estimate of drug-likeness (QED) is 0.768. The lowest BCUT2D eigenvalue weighted by molar-refractivity contribution is 0.664. The Balaban J connectivity index is 2.39. The highest BCUT2D eigenvalue weighted by atomic mass is 16.2. The van der Waals surface area contributed by atoms with E-state index in [2.05, 4.69) is 23.2 Å². The fourth-order valence-corrected chi connectivity index (χ4v) is 2.75. The van der Waals surface area contributed by atoms with Crippen molar-refractivity contribution < 1.29 is 0 Å². The van der Waals surface area contributed by atoms with Crippen LogP contribution in [0.1, 0.15) is 6.92 Å². The van der Waals surface area contributed by atoms with Crippen molar-refractivity contribution in [3.63, 3.8) is 0 Å². The zero-order chi connectivity index (χ0) is 16.7. The fraction of sp³-hybridized carbons (Fsp3) is 0.333. The van der Waals surface area contributed by atoms with Gasteiger partial charge in [-0.2, -0.15) is 10.1 Å². The van der Waals surface area contributed by atoms with Crippen LogP contribution >= 0.6 is 0 Å². The molecule has 0 spiro atoms. The molecular formula is C15H18N6O2. The van der Waals surface area contributed by atoms with Crippen LogP contribution < -0.4 is 16.3 Å². The molecule has 1 aliphatic heterocycles. The third-order valence-electron chi connectivity index (χ3n) is 3.74. The number of aryl methyl sites for hydroxylation is 1. The number of rotatable bonds is 4. The van der Waals surface area contributed by atoms with Crippen molar-refractivity contribution in [2.75, 3.05) is 11.6 Å². The van der Waals surface area contributed by atoms with Gasteiger partial charge in [-0.25, -0.2) is 9.80 Å². The molecule has 3 heterocycles. The molecule has 0 unspecified atom stereocenters. The van der Waals surface area contributed by atoms with Crippen molar-refractivity contribution in [1.82, 2.24) is 18.7 Å². The summed E-state index contributed by atoms with van der Waals surface area (Å²) in [6, 6.07) is 0. The van der Waals surface area contributed by atoms with Crippen molar-refractivity contribution in [2.24, 2.45) is 12.1 Å². The number of allylic oxidation sites excluding steroid dienone is 1. The van der Waals surface area contributed by atoms with E-state index in [1.54, 1.807) is 22.7 Å². The second kappa shape index (κ2) is 5.38. The lowest BCUT2D eigenvalue weighted by Crippen LogP contribution is -2.39. The zero-order valence-electron chi connectivity index (χ0n) is 13.2. The van der Waals surface area contributed by atoms with E-state index in [4.69, 9.17) is 0 Å². The van der Waals surface area contributed by atoms with E-state index < -0.39 is 5.69 Å². The highest BCUT2D eigenvalue weighted by Gasteiger charge is 2.25. The maximum atomic E-state index is 12.8. The standard InChI is InChI=1S/C15H18N6O2/c1-5-7-19-13(22)11-12(18(4)15(19)23)16-14-20(11)9-10(3)17-21(14)8-6-2/h5-6H,1-2,7-9H2,3-4H3. The SMILES string of the molecule is C=CCN1N=C(C)Cn2c1nc1c2c(=O)n(CC=C)c(=O)n1C. The molecule has 8 heteroatoms. The Bertz CT molecular complexity index is 959. The second-order valence-corrected chi connectivity index (χ2v) is 5.42. The van der Waals surface area contributed by atoms with Gasteiger partial charge in [0.2, 0.25) is 5.95 Å². The maximum Gasteiger partial charge on any atom is 0.332 e. The van der Waals surface area contributed by atoms with Gasteiger partial charge in [0.1, 0.15) is 0 Å². The molecule has 1 aliphatic rings. The molecule has 2 aromatic heterocycles. The van der Waals surface area contributed by atoms with Gasteiger partial charge in [-0.1, -0.05) is 12.2 Å². The van der Waals surface area contributed by atoms with Crippen LogP contribution in [-0.2, 0) is 20.1 Å². The summed E-state index contributed by atoms with van der Waals surface area (Å²) < 4.78 is 4.33. The smallest absolute Gasteiger partial charge is 0.297 e. The number of anilines is 1. The van der Waals surface area contributed by atoms with Crippen LogP contribution in [0.4, 0.5) is 5.95 Å². The summed E-state index contributed by atoms with van der Waals surface area (Å²) in [5.74, 6) is 0.536. The highest BCUT2D eigenvalue weighted by Crippen LogP contribution is 2.23. The number of hydrogen-bond acceptors (Lipinski definition) is 5. The molecule has 0 N–H and O–H groups in total. The van der Waals surface area contributed by atoms with Crippen LogP contribution in [0.3, 0.4) is 0 Å². The Labute approximate surface area is 132 Å². The molecule has 0 amide bonds. The molecule has 0 bridgehead atoms. The average molecular weight is 314 g/mol. The Kier molecular flexibility index (Phi) is 3.51. The van der Waals surface area contributed by atoms with Gasteiger partial charge in [0, 0.05) is 13.6 Å². The van der Waals surface area contributed by atoms with E-state index in [0.29, 0.717) is 30.2 Å². The van der Waals surface area contributed by atoms with Crippen molar-refractivity contribution >= 4 is 22.8 Å². The van der Waals surface area contributed by atoms with Gasteiger partial charge in [0.15, 0.2) is 11.2 Å². The maximum absolute atomic E-state index is 12.8. The van der Waals surface area contributed by atoms with Gasteiger partial charge in [-0.05, 0) is 6.92 Å². The minimum Gasteiger partial charge on any atom is -0.297 e. The molecule has 0 radical (unpaired) electrons. The number of aromatic nitrogens is 4. The predicted molar refractivity (Wildman–Crippen MR) is 90.1 cm³/mol. The van der Waals surface area contributed by atoms with Crippen LogP contribution in [0.2, 0.25) is 0 Å². The topological polar surface area (TPSA) is 77.4 Å². The number of fused-ring (bicyclic) bond motifs is 3. The summed E-state index contributed by atoms with van der Waals surface area (Å²) in [6.07, 6.45) is 3.24. The van der Waals surface area contributed by atoms with E-state index >= 15 is 0 Å². The molecule has 0 saturated carbocycles. The van der Waals surface area contributed by atoms with Crippen LogP contribution in [0, 0.1) is 0 Å². The zero-order valence-corrected chi connectivity index (χ0v) is 13.2.